The third-order valence-corrected chi connectivity index (χ3v) is 3.58. The van der Waals surface area contributed by atoms with Gasteiger partial charge in [-0.05, 0) is 51.8 Å². The number of hydrogen-bond donors (Lipinski definition) is 1. The fourth-order valence-corrected chi connectivity index (χ4v) is 2.20. The van der Waals surface area contributed by atoms with Gasteiger partial charge in [0.25, 0.3) is 0 Å². The van der Waals surface area contributed by atoms with E-state index in [9.17, 15) is 5.11 Å². The van der Waals surface area contributed by atoms with Crippen molar-refractivity contribution in [2.75, 3.05) is 0 Å². The van der Waals surface area contributed by atoms with Crippen LogP contribution in [0.4, 0.5) is 0 Å². The first-order valence-corrected chi connectivity index (χ1v) is 6.29. The van der Waals surface area contributed by atoms with Crippen molar-refractivity contribution >= 4 is 22.6 Å². The van der Waals surface area contributed by atoms with Gasteiger partial charge in [-0.2, -0.15) is 0 Å². The molecule has 2 rings (SSSR count). The fraction of sp³-hybridized carbons (Fsp3) is 0.143. The Bertz CT molecular complexity index is 465. The van der Waals surface area contributed by atoms with Crippen LogP contribution >= 0.6 is 22.6 Å². The minimum atomic E-state index is 0.112. The summed E-state index contributed by atoms with van der Waals surface area (Å²) in [6.07, 6.45) is 0.921. The lowest BCUT2D eigenvalue weighted by molar-refractivity contribution is 0.281. The lowest BCUT2D eigenvalue weighted by Crippen LogP contribution is -1.93. The van der Waals surface area contributed by atoms with Gasteiger partial charge < -0.3 is 5.11 Å². The van der Waals surface area contributed by atoms with Gasteiger partial charge in [0.05, 0.1) is 6.61 Å². The first kappa shape index (κ1) is 11.6. The second kappa shape index (κ2) is 5.46. The normalized spacial score (nSPS) is 10.4. The van der Waals surface area contributed by atoms with Gasteiger partial charge in [0.15, 0.2) is 0 Å². The first-order valence-electron chi connectivity index (χ1n) is 5.21. The SMILES string of the molecule is OCc1cc(Cc2ccccc2)ccc1I. The van der Waals surface area contributed by atoms with E-state index in [-0.39, 0.29) is 6.61 Å². The highest BCUT2D eigenvalue weighted by Crippen LogP contribution is 2.17. The van der Waals surface area contributed by atoms with Crippen LogP contribution in [0.2, 0.25) is 0 Å². The molecule has 0 spiro atoms. The molecule has 82 valence electrons. The van der Waals surface area contributed by atoms with Crippen molar-refractivity contribution in [2.24, 2.45) is 0 Å². The van der Waals surface area contributed by atoms with Gasteiger partial charge >= 0.3 is 0 Å². The molecule has 16 heavy (non-hydrogen) atoms. The summed E-state index contributed by atoms with van der Waals surface area (Å²) in [5, 5.41) is 9.20. The largest absolute Gasteiger partial charge is 0.392 e. The number of hydrogen-bond acceptors (Lipinski definition) is 1. The maximum absolute atomic E-state index is 9.20. The molecular formula is C14H13IO. The van der Waals surface area contributed by atoms with Crippen LogP contribution in [-0.4, -0.2) is 5.11 Å². The molecule has 0 bridgehead atoms. The Balaban J connectivity index is 2.22. The molecule has 0 fully saturated rings. The summed E-state index contributed by atoms with van der Waals surface area (Å²) in [7, 11) is 0. The average molecular weight is 324 g/mol. The zero-order valence-electron chi connectivity index (χ0n) is 8.86. The molecule has 0 unspecified atom stereocenters. The number of halogens is 1. The van der Waals surface area contributed by atoms with Gasteiger partial charge in [-0.3, -0.25) is 0 Å². The monoisotopic (exact) mass is 324 g/mol. The quantitative estimate of drug-likeness (QED) is 0.859. The number of benzene rings is 2. The van der Waals surface area contributed by atoms with Gasteiger partial charge in [-0.1, -0.05) is 42.5 Å². The zero-order valence-corrected chi connectivity index (χ0v) is 11.0. The van der Waals surface area contributed by atoms with Gasteiger partial charge in [0.1, 0.15) is 0 Å². The summed E-state index contributed by atoms with van der Waals surface area (Å²) in [5.74, 6) is 0. The molecule has 1 nitrogen and oxygen atoms in total. The minimum absolute atomic E-state index is 0.112. The molecule has 0 amide bonds. The Morgan fingerprint density at radius 1 is 0.938 bits per heavy atom. The molecule has 2 aromatic carbocycles. The second-order valence-electron chi connectivity index (χ2n) is 3.75. The average Bonchev–Trinajstić information content (AvgIpc) is 2.33. The smallest absolute Gasteiger partial charge is 0.0692 e. The molecule has 0 saturated carbocycles. The van der Waals surface area contributed by atoms with Crippen LogP contribution in [0, 0.1) is 3.57 Å². The molecule has 0 aliphatic carbocycles. The van der Waals surface area contributed by atoms with E-state index in [0.717, 1.165) is 15.6 Å². The second-order valence-corrected chi connectivity index (χ2v) is 4.91. The maximum atomic E-state index is 9.20. The van der Waals surface area contributed by atoms with Gasteiger partial charge in [-0.25, -0.2) is 0 Å². The summed E-state index contributed by atoms with van der Waals surface area (Å²) in [6, 6.07) is 16.6. The Hall–Kier alpha value is -0.870. The zero-order chi connectivity index (χ0) is 11.4. The van der Waals surface area contributed by atoms with Crippen LogP contribution in [0.15, 0.2) is 48.5 Å². The maximum Gasteiger partial charge on any atom is 0.0692 e. The van der Waals surface area contributed by atoms with Crippen molar-refractivity contribution in [3.63, 3.8) is 0 Å². The minimum Gasteiger partial charge on any atom is -0.392 e. The Morgan fingerprint density at radius 2 is 1.69 bits per heavy atom. The molecule has 1 N–H and O–H groups in total. The summed E-state index contributed by atoms with van der Waals surface area (Å²) in [4.78, 5) is 0. The van der Waals surface area contributed by atoms with Crippen molar-refractivity contribution in [1.82, 2.24) is 0 Å². The van der Waals surface area contributed by atoms with Crippen LogP contribution in [0.1, 0.15) is 16.7 Å². The van der Waals surface area contributed by atoms with Crippen LogP contribution < -0.4 is 0 Å². The van der Waals surface area contributed by atoms with Crippen molar-refractivity contribution < 1.29 is 5.11 Å². The highest BCUT2D eigenvalue weighted by molar-refractivity contribution is 14.1. The van der Waals surface area contributed by atoms with Crippen LogP contribution in [-0.2, 0) is 13.0 Å². The third-order valence-electron chi connectivity index (χ3n) is 2.53. The number of aliphatic hydroxyl groups excluding tert-OH is 1. The molecule has 2 aromatic rings. The van der Waals surface area contributed by atoms with Crippen LogP contribution in [0.25, 0.3) is 0 Å². The summed E-state index contributed by atoms with van der Waals surface area (Å²) >= 11 is 2.25. The van der Waals surface area contributed by atoms with E-state index in [1.165, 1.54) is 11.1 Å². The molecule has 0 atom stereocenters. The van der Waals surface area contributed by atoms with Crippen LogP contribution in [0.3, 0.4) is 0 Å². The molecular weight excluding hydrogens is 311 g/mol. The van der Waals surface area contributed by atoms with Crippen LogP contribution in [0.5, 0.6) is 0 Å². The molecule has 0 aliphatic heterocycles. The van der Waals surface area contributed by atoms with E-state index in [2.05, 4.69) is 65.1 Å². The highest BCUT2D eigenvalue weighted by atomic mass is 127. The topological polar surface area (TPSA) is 20.2 Å². The van der Waals surface area contributed by atoms with Gasteiger partial charge in [-0.15, -0.1) is 0 Å². The van der Waals surface area contributed by atoms with E-state index in [4.69, 9.17) is 0 Å². The summed E-state index contributed by atoms with van der Waals surface area (Å²) < 4.78 is 1.12. The van der Waals surface area contributed by atoms with E-state index in [1.54, 1.807) is 0 Å². The van der Waals surface area contributed by atoms with Gasteiger partial charge in [0, 0.05) is 3.57 Å². The van der Waals surface area contributed by atoms with E-state index in [1.807, 2.05) is 6.07 Å². The lowest BCUT2D eigenvalue weighted by atomic mass is 10.0. The van der Waals surface area contributed by atoms with E-state index < -0.39 is 0 Å². The Labute approximate surface area is 109 Å². The predicted octanol–water partition coefficient (Wildman–Crippen LogP) is 3.37. The number of aliphatic hydroxyl groups is 1. The van der Waals surface area contributed by atoms with Crippen molar-refractivity contribution in [3.8, 4) is 0 Å². The standard InChI is InChI=1S/C14H13IO/c15-14-7-6-12(9-13(14)10-16)8-11-4-2-1-3-5-11/h1-7,9,16H,8,10H2. The van der Waals surface area contributed by atoms with Crippen molar-refractivity contribution in [2.45, 2.75) is 13.0 Å². The highest BCUT2D eigenvalue weighted by Gasteiger charge is 2.01. The summed E-state index contributed by atoms with van der Waals surface area (Å²) in [6.45, 7) is 0.112. The molecule has 0 radical (unpaired) electrons. The van der Waals surface area contributed by atoms with Gasteiger partial charge in [0.2, 0.25) is 0 Å². The number of rotatable bonds is 3. The molecule has 0 saturated heterocycles. The van der Waals surface area contributed by atoms with E-state index >= 15 is 0 Å². The molecule has 0 aromatic heterocycles. The molecule has 0 heterocycles. The van der Waals surface area contributed by atoms with Crippen molar-refractivity contribution in [3.05, 3.63) is 68.8 Å². The fourth-order valence-electron chi connectivity index (χ4n) is 1.69. The Morgan fingerprint density at radius 3 is 2.38 bits per heavy atom. The first-order chi connectivity index (χ1) is 7.79. The summed E-state index contributed by atoms with van der Waals surface area (Å²) in [5.41, 5.74) is 3.55. The van der Waals surface area contributed by atoms with E-state index in [0.29, 0.717) is 0 Å². The Kier molecular flexibility index (Phi) is 3.96. The lowest BCUT2D eigenvalue weighted by Gasteiger charge is -2.06. The van der Waals surface area contributed by atoms with Crippen molar-refractivity contribution in [1.29, 1.82) is 0 Å². The molecule has 2 heteroatoms. The molecule has 0 aliphatic rings. The third kappa shape index (κ3) is 2.83. The predicted molar refractivity (Wildman–Crippen MR) is 74.3 cm³/mol.